The molecule has 1 aliphatic rings. The first-order valence-electron chi connectivity index (χ1n) is 7.01. The van der Waals surface area contributed by atoms with E-state index in [2.05, 4.69) is 5.32 Å². The van der Waals surface area contributed by atoms with E-state index in [9.17, 15) is 22.0 Å². The van der Waals surface area contributed by atoms with Gasteiger partial charge in [-0.3, -0.25) is 9.69 Å². The number of amides is 1. The molecular weight excluding hydrogens is 346 g/mol. The number of carbonyl (C=O) groups is 1. The molecule has 0 saturated carbocycles. The van der Waals surface area contributed by atoms with Crippen LogP contribution in [0.2, 0.25) is 0 Å². The van der Waals surface area contributed by atoms with E-state index in [1.165, 1.54) is 6.07 Å². The monoisotopic (exact) mass is 364 g/mol. The smallest absolute Gasteiger partial charge is 0.288 e. The molecule has 128 valence electrons. The molecule has 1 N–H and O–H groups in total. The number of benzene rings is 1. The second kappa shape index (κ2) is 7.59. The summed E-state index contributed by atoms with van der Waals surface area (Å²) in [6.45, 7) is 0.00780. The summed E-state index contributed by atoms with van der Waals surface area (Å²) in [4.78, 5) is 14.1. The molecule has 1 unspecified atom stereocenters. The Morgan fingerprint density at radius 1 is 1.43 bits per heavy atom. The molecule has 0 spiro atoms. The predicted octanol–water partition coefficient (Wildman–Crippen LogP) is 2.06. The van der Waals surface area contributed by atoms with E-state index >= 15 is 0 Å². The topological polar surface area (TPSA) is 66.5 Å². The second-order valence-corrected chi connectivity index (χ2v) is 8.66. The van der Waals surface area contributed by atoms with Crippen molar-refractivity contribution in [2.75, 3.05) is 30.4 Å². The van der Waals surface area contributed by atoms with Crippen molar-refractivity contribution in [1.82, 2.24) is 4.90 Å². The number of anilines is 1. The van der Waals surface area contributed by atoms with Gasteiger partial charge in [-0.15, -0.1) is 0 Å². The van der Waals surface area contributed by atoms with Crippen molar-refractivity contribution in [3.05, 3.63) is 24.3 Å². The largest absolute Gasteiger partial charge is 0.324 e. The molecule has 0 radical (unpaired) electrons. The van der Waals surface area contributed by atoms with Gasteiger partial charge in [0.2, 0.25) is 5.91 Å². The van der Waals surface area contributed by atoms with Crippen molar-refractivity contribution in [2.45, 2.75) is 23.1 Å². The van der Waals surface area contributed by atoms with Crippen LogP contribution in [-0.4, -0.2) is 56.1 Å². The fourth-order valence-corrected chi connectivity index (χ4v) is 4.84. The van der Waals surface area contributed by atoms with Gasteiger partial charge < -0.3 is 5.32 Å². The molecule has 23 heavy (non-hydrogen) atoms. The van der Waals surface area contributed by atoms with E-state index in [-0.39, 0.29) is 30.0 Å². The number of alkyl halides is 2. The summed E-state index contributed by atoms with van der Waals surface area (Å²) in [7, 11) is -1.33. The standard InChI is InChI=1S/C14H18F2N2O3S2/c1-18(10-6-7-23(20,21)9-10)8-13(19)17-11-4-2-3-5-12(11)22-14(15)16/h2-5,10,14H,6-9H2,1H3,(H,17,19). The van der Waals surface area contributed by atoms with Crippen LogP contribution in [-0.2, 0) is 14.6 Å². The summed E-state index contributed by atoms with van der Waals surface area (Å²) in [6, 6.07) is 6.16. The zero-order chi connectivity index (χ0) is 17.0. The minimum absolute atomic E-state index is 0.00780. The van der Waals surface area contributed by atoms with E-state index in [4.69, 9.17) is 0 Å². The van der Waals surface area contributed by atoms with Gasteiger partial charge in [0.15, 0.2) is 9.84 Å². The quantitative estimate of drug-likeness (QED) is 0.783. The molecule has 1 atom stereocenters. The SMILES string of the molecule is CN(CC(=O)Nc1ccccc1SC(F)F)C1CCS(=O)(=O)C1. The lowest BCUT2D eigenvalue weighted by molar-refractivity contribution is -0.117. The highest BCUT2D eigenvalue weighted by Gasteiger charge is 2.31. The van der Waals surface area contributed by atoms with Gasteiger partial charge in [0, 0.05) is 10.9 Å². The van der Waals surface area contributed by atoms with Crippen LogP contribution in [0.3, 0.4) is 0 Å². The third-order valence-corrected chi connectivity index (χ3v) is 6.14. The number of nitrogens with one attached hydrogen (secondary N) is 1. The fourth-order valence-electron chi connectivity index (χ4n) is 2.44. The average molecular weight is 364 g/mol. The third-order valence-electron chi connectivity index (χ3n) is 3.60. The number of carbonyl (C=O) groups excluding carboxylic acids is 1. The number of sulfone groups is 1. The molecule has 0 aliphatic carbocycles. The van der Waals surface area contributed by atoms with E-state index in [0.29, 0.717) is 28.8 Å². The molecule has 0 aromatic heterocycles. The Morgan fingerprint density at radius 2 is 2.13 bits per heavy atom. The normalized spacial score (nSPS) is 20.1. The van der Waals surface area contributed by atoms with Crippen LogP contribution in [0.4, 0.5) is 14.5 Å². The zero-order valence-corrected chi connectivity index (χ0v) is 14.2. The van der Waals surface area contributed by atoms with Crippen molar-refractivity contribution >= 4 is 33.2 Å². The first-order chi connectivity index (χ1) is 10.8. The lowest BCUT2D eigenvalue weighted by Crippen LogP contribution is -2.38. The van der Waals surface area contributed by atoms with Crippen LogP contribution in [0.25, 0.3) is 0 Å². The van der Waals surface area contributed by atoms with Crippen LogP contribution in [0.1, 0.15) is 6.42 Å². The number of hydrogen-bond acceptors (Lipinski definition) is 5. The van der Waals surface area contributed by atoms with E-state index in [1.807, 2.05) is 0 Å². The van der Waals surface area contributed by atoms with Gasteiger partial charge in [0.25, 0.3) is 5.76 Å². The number of rotatable bonds is 6. The number of nitrogens with zero attached hydrogens (tertiary/aromatic N) is 1. The number of halogens is 2. The second-order valence-electron chi connectivity index (χ2n) is 5.39. The van der Waals surface area contributed by atoms with Crippen molar-refractivity contribution < 1.29 is 22.0 Å². The van der Waals surface area contributed by atoms with Gasteiger partial charge in [-0.1, -0.05) is 23.9 Å². The van der Waals surface area contributed by atoms with E-state index in [0.717, 1.165) is 0 Å². The highest BCUT2D eigenvalue weighted by Crippen LogP contribution is 2.31. The Balaban J connectivity index is 1.95. The molecule has 1 aromatic rings. The summed E-state index contributed by atoms with van der Waals surface area (Å²) in [6.07, 6.45) is 0.504. The fraction of sp³-hybridized carbons (Fsp3) is 0.500. The van der Waals surface area contributed by atoms with Crippen LogP contribution in [0.15, 0.2) is 29.2 Å². The Morgan fingerprint density at radius 3 is 2.74 bits per heavy atom. The van der Waals surface area contributed by atoms with Crippen molar-refractivity contribution in [3.63, 3.8) is 0 Å². The molecular formula is C14H18F2N2O3S2. The van der Waals surface area contributed by atoms with Gasteiger partial charge in [0.1, 0.15) is 0 Å². The maximum Gasteiger partial charge on any atom is 0.288 e. The van der Waals surface area contributed by atoms with Gasteiger partial charge in [-0.25, -0.2) is 8.42 Å². The Kier molecular flexibility index (Phi) is 5.99. The van der Waals surface area contributed by atoms with Crippen LogP contribution in [0.5, 0.6) is 0 Å². The molecule has 2 rings (SSSR count). The Hall–Kier alpha value is -1.19. The number of likely N-dealkylation sites (N-methyl/N-ethyl adjacent to an activating group) is 1. The van der Waals surface area contributed by atoms with E-state index < -0.39 is 15.6 Å². The van der Waals surface area contributed by atoms with Crippen molar-refractivity contribution in [1.29, 1.82) is 0 Å². The molecule has 1 aliphatic heterocycles. The van der Waals surface area contributed by atoms with E-state index in [1.54, 1.807) is 30.1 Å². The van der Waals surface area contributed by atoms with Gasteiger partial charge in [-0.05, 0) is 25.6 Å². The third kappa shape index (κ3) is 5.43. The van der Waals surface area contributed by atoms with Crippen LogP contribution < -0.4 is 5.32 Å². The summed E-state index contributed by atoms with van der Waals surface area (Å²) in [5.74, 6) is -2.75. The molecule has 0 bridgehead atoms. The molecule has 1 heterocycles. The summed E-state index contributed by atoms with van der Waals surface area (Å²) >= 11 is 0.370. The van der Waals surface area contributed by atoms with Crippen molar-refractivity contribution in [3.8, 4) is 0 Å². The number of hydrogen-bond donors (Lipinski definition) is 1. The van der Waals surface area contributed by atoms with Crippen LogP contribution >= 0.6 is 11.8 Å². The first-order valence-corrected chi connectivity index (χ1v) is 9.71. The molecule has 1 amide bonds. The molecule has 1 fully saturated rings. The van der Waals surface area contributed by atoms with Gasteiger partial charge in [0.05, 0.1) is 23.7 Å². The summed E-state index contributed by atoms with van der Waals surface area (Å²) in [5.41, 5.74) is 0.329. The Bertz CT molecular complexity index is 668. The Labute approximate surface area is 138 Å². The average Bonchev–Trinajstić information content (AvgIpc) is 2.81. The van der Waals surface area contributed by atoms with Crippen LogP contribution in [0, 0.1) is 0 Å². The zero-order valence-electron chi connectivity index (χ0n) is 12.5. The van der Waals surface area contributed by atoms with Gasteiger partial charge >= 0.3 is 0 Å². The van der Waals surface area contributed by atoms with Crippen molar-refractivity contribution in [2.24, 2.45) is 0 Å². The maximum absolute atomic E-state index is 12.5. The summed E-state index contributed by atoms with van der Waals surface area (Å²) < 4.78 is 48.0. The maximum atomic E-state index is 12.5. The predicted molar refractivity (Wildman–Crippen MR) is 86.6 cm³/mol. The minimum Gasteiger partial charge on any atom is -0.324 e. The highest BCUT2D eigenvalue weighted by molar-refractivity contribution is 7.99. The minimum atomic E-state index is -3.02. The molecule has 1 aromatic carbocycles. The summed E-state index contributed by atoms with van der Waals surface area (Å²) in [5, 5.41) is 2.61. The molecule has 5 nitrogen and oxygen atoms in total. The van der Waals surface area contributed by atoms with Gasteiger partial charge in [-0.2, -0.15) is 8.78 Å². The number of thioether (sulfide) groups is 1. The lowest BCUT2D eigenvalue weighted by atomic mass is 10.2. The molecule has 1 saturated heterocycles. The lowest BCUT2D eigenvalue weighted by Gasteiger charge is -2.22. The first kappa shape index (κ1) is 18.2. The highest BCUT2D eigenvalue weighted by atomic mass is 32.2. The number of para-hydroxylation sites is 1. The molecule has 9 heteroatoms.